The number of ether oxygens (including phenoxy) is 2. The number of benzene rings is 2. The van der Waals surface area contributed by atoms with E-state index in [0.717, 1.165) is 29.6 Å². The molecule has 0 aliphatic heterocycles. The fourth-order valence-corrected chi connectivity index (χ4v) is 3.77. The molecule has 0 bridgehead atoms. The summed E-state index contributed by atoms with van der Waals surface area (Å²) in [4.78, 5) is 41.5. The summed E-state index contributed by atoms with van der Waals surface area (Å²) in [5, 5.41) is 26.8. The molecule has 1 N–H and O–H groups in total. The number of aryl methyl sites for hydroxylation is 2. The lowest BCUT2D eigenvalue weighted by Crippen LogP contribution is -2.19. The van der Waals surface area contributed by atoms with Gasteiger partial charge in [-0.25, -0.2) is 15.4 Å². The minimum Gasteiger partial charge on any atom is -0.490 e. The highest BCUT2D eigenvalue weighted by molar-refractivity contribution is 7.99. The highest BCUT2D eigenvalue weighted by Gasteiger charge is 2.22. The van der Waals surface area contributed by atoms with Gasteiger partial charge in [-0.05, 0) is 56.7 Å². The molecule has 0 aliphatic carbocycles. The van der Waals surface area contributed by atoms with Crippen LogP contribution in [0.25, 0.3) is 0 Å². The number of thioether (sulfide) groups is 1. The molecule has 14 heteroatoms. The first-order valence-corrected chi connectivity index (χ1v) is 11.8. The van der Waals surface area contributed by atoms with Gasteiger partial charge in [0, 0.05) is 17.5 Å². The van der Waals surface area contributed by atoms with Crippen LogP contribution < -0.4 is 14.9 Å². The maximum Gasteiger partial charge on any atom is 0.318 e. The normalized spacial score (nSPS) is 10.8. The van der Waals surface area contributed by atoms with Crippen LogP contribution in [-0.2, 0) is 4.79 Å². The Bertz CT molecular complexity index is 1350. The minimum absolute atomic E-state index is 0.0746. The molecule has 0 fully saturated rings. The number of aromatic nitrogens is 2. The molecule has 1 aromatic heterocycles. The highest BCUT2D eigenvalue weighted by atomic mass is 32.2. The van der Waals surface area contributed by atoms with Gasteiger partial charge in [-0.15, -0.1) is 0 Å². The molecule has 0 spiro atoms. The quantitative estimate of drug-likeness (QED) is 0.124. The number of non-ortho nitro benzene ring substituents is 1. The lowest BCUT2D eigenvalue weighted by Gasteiger charge is -2.12. The van der Waals surface area contributed by atoms with E-state index in [-0.39, 0.29) is 35.5 Å². The van der Waals surface area contributed by atoms with Gasteiger partial charge in [0.25, 0.3) is 11.6 Å². The van der Waals surface area contributed by atoms with Crippen molar-refractivity contribution in [2.24, 2.45) is 5.10 Å². The SMILES string of the molecule is CCOc1cc(C=NNC(=O)CSc2nc(C)cc(C)n2)ccc1Oc1ccc([N+](=O)[O-])cc1[N+](=O)[O-]. The molecule has 0 saturated heterocycles. The van der Waals surface area contributed by atoms with Crippen LogP contribution >= 0.6 is 11.8 Å². The Hall–Kier alpha value is -4.59. The van der Waals surface area contributed by atoms with E-state index in [1.807, 2.05) is 19.9 Å². The average Bonchev–Trinajstić information content (AvgIpc) is 2.84. The number of amides is 1. The van der Waals surface area contributed by atoms with Gasteiger partial charge in [-0.2, -0.15) is 5.10 Å². The number of nitro benzene ring substituents is 2. The summed E-state index contributed by atoms with van der Waals surface area (Å²) in [7, 11) is 0. The number of rotatable bonds is 11. The van der Waals surface area contributed by atoms with Gasteiger partial charge >= 0.3 is 5.69 Å². The molecule has 3 aromatic rings. The molecule has 192 valence electrons. The Morgan fingerprint density at radius 1 is 1.03 bits per heavy atom. The number of nitrogens with one attached hydrogen (secondary N) is 1. The maximum atomic E-state index is 12.1. The van der Waals surface area contributed by atoms with E-state index in [1.54, 1.807) is 19.1 Å². The van der Waals surface area contributed by atoms with Crippen LogP contribution in [-0.4, -0.2) is 44.3 Å². The lowest BCUT2D eigenvalue weighted by atomic mass is 10.2. The largest absolute Gasteiger partial charge is 0.490 e. The van der Waals surface area contributed by atoms with Crippen molar-refractivity contribution in [3.8, 4) is 17.2 Å². The Morgan fingerprint density at radius 3 is 2.38 bits per heavy atom. The first-order valence-electron chi connectivity index (χ1n) is 10.8. The Balaban J connectivity index is 1.69. The number of carbonyl (C=O) groups excluding carboxylic acids is 1. The molecule has 13 nitrogen and oxygen atoms in total. The molecule has 0 unspecified atom stereocenters. The zero-order valence-corrected chi connectivity index (χ0v) is 20.9. The fraction of sp³-hybridized carbons (Fsp3) is 0.217. The van der Waals surface area contributed by atoms with Crippen LogP contribution in [0.1, 0.15) is 23.9 Å². The van der Waals surface area contributed by atoms with E-state index < -0.39 is 21.2 Å². The van der Waals surface area contributed by atoms with Gasteiger partial charge in [0.2, 0.25) is 5.75 Å². The standard InChI is InChI=1S/C23H22N6O7S/c1-4-35-21-10-16(12-24-27-22(30)13-37-23-25-14(2)9-15(3)26-23)5-7-20(21)36-19-8-6-17(28(31)32)11-18(19)29(33)34/h5-12H,4,13H2,1-3H3,(H,27,30). The fourth-order valence-electron chi connectivity index (χ4n) is 3.02. The Morgan fingerprint density at radius 2 is 1.73 bits per heavy atom. The van der Waals surface area contributed by atoms with Crippen LogP contribution in [0.2, 0.25) is 0 Å². The summed E-state index contributed by atoms with van der Waals surface area (Å²) in [6, 6.07) is 9.60. The molecule has 1 heterocycles. The van der Waals surface area contributed by atoms with Gasteiger partial charge in [0.15, 0.2) is 16.7 Å². The maximum absolute atomic E-state index is 12.1. The molecular weight excluding hydrogens is 504 g/mol. The first-order chi connectivity index (χ1) is 17.7. The second-order valence-corrected chi connectivity index (χ2v) is 8.37. The molecule has 2 aromatic carbocycles. The third-order valence-corrected chi connectivity index (χ3v) is 5.38. The van der Waals surface area contributed by atoms with Crippen LogP contribution in [0.4, 0.5) is 11.4 Å². The summed E-state index contributed by atoms with van der Waals surface area (Å²) in [6.45, 7) is 5.72. The number of nitrogens with zero attached hydrogens (tertiary/aromatic N) is 5. The van der Waals surface area contributed by atoms with E-state index in [1.165, 1.54) is 24.0 Å². The third kappa shape index (κ3) is 7.70. The predicted octanol–water partition coefficient (Wildman–Crippen LogP) is 4.34. The van der Waals surface area contributed by atoms with Crippen molar-refractivity contribution >= 4 is 35.3 Å². The molecule has 0 atom stereocenters. The van der Waals surface area contributed by atoms with E-state index in [2.05, 4.69) is 20.5 Å². The van der Waals surface area contributed by atoms with Crippen LogP contribution in [0.5, 0.6) is 17.2 Å². The third-order valence-electron chi connectivity index (χ3n) is 4.53. The summed E-state index contributed by atoms with van der Waals surface area (Å²) in [6.07, 6.45) is 1.40. The number of carbonyl (C=O) groups is 1. The van der Waals surface area contributed by atoms with Crippen molar-refractivity contribution in [2.75, 3.05) is 12.4 Å². The molecule has 0 radical (unpaired) electrons. The van der Waals surface area contributed by atoms with Crippen LogP contribution in [0.15, 0.2) is 52.7 Å². The van der Waals surface area contributed by atoms with Gasteiger partial charge in [-0.3, -0.25) is 25.0 Å². The van der Waals surface area contributed by atoms with Crippen molar-refractivity contribution in [1.82, 2.24) is 15.4 Å². The van der Waals surface area contributed by atoms with Crippen molar-refractivity contribution in [3.63, 3.8) is 0 Å². The first kappa shape index (κ1) is 27.0. The van der Waals surface area contributed by atoms with Crippen molar-refractivity contribution in [1.29, 1.82) is 0 Å². The van der Waals surface area contributed by atoms with Crippen LogP contribution in [0.3, 0.4) is 0 Å². The highest BCUT2D eigenvalue weighted by Crippen LogP contribution is 2.38. The second-order valence-electron chi connectivity index (χ2n) is 7.42. The zero-order valence-electron chi connectivity index (χ0n) is 20.0. The van der Waals surface area contributed by atoms with E-state index in [4.69, 9.17) is 9.47 Å². The summed E-state index contributed by atoms with van der Waals surface area (Å²) >= 11 is 1.19. The summed E-state index contributed by atoms with van der Waals surface area (Å²) < 4.78 is 11.2. The monoisotopic (exact) mass is 526 g/mol. The number of hydrogen-bond acceptors (Lipinski definition) is 11. The minimum atomic E-state index is -0.767. The van der Waals surface area contributed by atoms with Gasteiger partial charge in [0.1, 0.15) is 0 Å². The number of nitro groups is 2. The summed E-state index contributed by atoms with van der Waals surface area (Å²) in [5.41, 5.74) is 3.61. The summed E-state index contributed by atoms with van der Waals surface area (Å²) in [5.74, 6) is -0.0432. The topological polar surface area (TPSA) is 172 Å². The van der Waals surface area contributed by atoms with Crippen molar-refractivity contribution < 1.29 is 24.1 Å². The smallest absolute Gasteiger partial charge is 0.318 e. The second kappa shape index (κ2) is 12.4. The average molecular weight is 527 g/mol. The Labute approximate surface area is 215 Å². The number of hydrogen-bond donors (Lipinski definition) is 1. The zero-order chi connectivity index (χ0) is 26.9. The Kier molecular flexibility index (Phi) is 9.05. The van der Waals surface area contributed by atoms with E-state index in [9.17, 15) is 25.0 Å². The molecule has 37 heavy (non-hydrogen) atoms. The van der Waals surface area contributed by atoms with E-state index >= 15 is 0 Å². The van der Waals surface area contributed by atoms with Crippen molar-refractivity contribution in [3.05, 3.63) is 79.6 Å². The predicted molar refractivity (Wildman–Crippen MR) is 135 cm³/mol. The van der Waals surface area contributed by atoms with Gasteiger partial charge in [-0.1, -0.05) is 11.8 Å². The van der Waals surface area contributed by atoms with Crippen LogP contribution in [0, 0.1) is 34.1 Å². The molecule has 1 amide bonds. The number of hydrazone groups is 1. The van der Waals surface area contributed by atoms with Gasteiger partial charge < -0.3 is 9.47 Å². The molecule has 0 saturated carbocycles. The molecule has 0 aliphatic rings. The lowest BCUT2D eigenvalue weighted by molar-refractivity contribution is -0.394. The van der Waals surface area contributed by atoms with Gasteiger partial charge in [0.05, 0.1) is 34.5 Å². The van der Waals surface area contributed by atoms with Crippen molar-refractivity contribution in [2.45, 2.75) is 25.9 Å². The molecular formula is C23H22N6O7S. The van der Waals surface area contributed by atoms with E-state index in [0.29, 0.717) is 10.7 Å². The molecule has 3 rings (SSSR count).